The number of rotatable bonds is 6. The van der Waals surface area contributed by atoms with Gasteiger partial charge in [0, 0.05) is 6.20 Å². The van der Waals surface area contributed by atoms with E-state index in [-0.39, 0.29) is 5.91 Å². The molecule has 21 heavy (non-hydrogen) atoms. The lowest BCUT2D eigenvalue weighted by Gasteiger charge is -2.13. The predicted octanol–water partition coefficient (Wildman–Crippen LogP) is 2.63. The number of hydrogen-bond acceptors (Lipinski definition) is 4. The summed E-state index contributed by atoms with van der Waals surface area (Å²) in [5.74, 6) is 1.05. The summed E-state index contributed by atoms with van der Waals surface area (Å²) >= 11 is 0. The van der Waals surface area contributed by atoms with Crippen LogP contribution in [0.5, 0.6) is 5.75 Å². The van der Waals surface area contributed by atoms with Gasteiger partial charge in [-0.05, 0) is 36.8 Å². The Kier molecular flexibility index (Phi) is 5.29. The number of carbonyl (C=O) groups is 1. The number of nitrogens with one attached hydrogen (secondary N) is 1. The SMILES string of the molecule is COc1cccc(CO[C@H](C)C(=O)Nc2ccccn2)c1. The van der Waals surface area contributed by atoms with Gasteiger partial charge in [-0.25, -0.2) is 4.98 Å². The first-order chi connectivity index (χ1) is 10.2. The van der Waals surface area contributed by atoms with Crippen LogP contribution in [0.1, 0.15) is 12.5 Å². The van der Waals surface area contributed by atoms with Gasteiger partial charge in [-0.2, -0.15) is 0 Å². The van der Waals surface area contributed by atoms with Crippen molar-refractivity contribution in [3.63, 3.8) is 0 Å². The standard InChI is InChI=1S/C16H18N2O3/c1-12(16(19)18-15-8-3-4-9-17-15)21-11-13-6-5-7-14(10-13)20-2/h3-10,12H,11H2,1-2H3,(H,17,18,19)/t12-/m1/s1. The number of nitrogens with zero attached hydrogens (tertiary/aromatic N) is 1. The van der Waals surface area contributed by atoms with Gasteiger partial charge in [0.25, 0.3) is 5.91 Å². The highest BCUT2D eigenvalue weighted by molar-refractivity contribution is 5.92. The summed E-state index contributed by atoms with van der Waals surface area (Å²) < 4.78 is 10.7. The molecule has 5 nitrogen and oxygen atoms in total. The molecular formula is C16H18N2O3. The Hall–Kier alpha value is -2.40. The van der Waals surface area contributed by atoms with Crippen molar-refractivity contribution in [1.82, 2.24) is 4.98 Å². The third-order valence-corrected chi connectivity index (χ3v) is 2.92. The van der Waals surface area contributed by atoms with E-state index in [9.17, 15) is 4.79 Å². The molecule has 1 heterocycles. The molecule has 2 aromatic rings. The van der Waals surface area contributed by atoms with Crippen LogP contribution in [0.25, 0.3) is 0 Å². The Morgan fingerprint density at radius 2 is 2.14 bits per heavy atom. The van der Waals surface area contributed by atoms with Crippen LogP contribution in [-0.2, 0) is 16.1 Å². The van der Waals surface area contributed by atoms with Crippen LogP contribution in [0.15, 0.2) is 48.7 Å². The first kappa shape index (κ1) is 15.0. The molecule has 1 N–H and O–H groups in total. The Bertz CT molecular complexity index is 587. The summed E-state index contributed by atoms with van der Waals surface area (Å²) in [5.41, 5.74) is 0.951. The second-order valence-corrected chi connectivity index (χ2v) is 4.51. The average Bonchev–Trinajstić information content (AvgIpc) is 2.53. The molecule has 0 bridgehead atoms. The molecule has 0 unspecified atom stereocenters. The highest BCUT2D eigenvalue weighted by Crippen LogP contribution is 2.14. The van der Waals surface area contributed by atoms with E-state index in [1.165, 1.54) is 0 Å². The number of ether oxygens (including phenoxy) is 2. The molecule has 0 saturated heterocycles. The summed E-state index contributed by atoms with van der Waals surface area (Å²) in [7, 11) is 1.61. The van der Waals surface area contributed by atoms with E-state index in [1.54, 1.807) is 32.4 Å². The molecule has 0 fully saturated rings. The van der Waals surface area contributed by atoms with Gasteiger partial charge in [0.2, 0.25) is 0 Å². The van der Waals surface area contributed by atoms with Crippen molar-refractivity contribution in [2.45, 2.75) is 19.6 Å². The van der Waals surface area contributed by atoms with Gasteiger partial charge in [0.1, 0.15) is 17.7 Å². The molecule has 1 amide bonds. The van der Waals surface area contributed by atoms with Gasteiger partial charge in [0.05, 0.1) is 13.7 Å². The summed E-state index contributed by atoms with van der Waals surface area (Å²) in [6, 6.07) is 12.9. The Labute approximate surface area is 123 Å². The van der Waals surface area contributed by atoms with Gasteiger partial charge >= 0.3 is 0 Å². The average molecular weight is 286 g/mol. The molecule has 0 aliphatic carbocycles. The van der Waals surface area contributed by atoms with Crippen molar-refractivity contribution in [1.29, 1.82) is 0 Å². The van der Waals surface area contributed by atoms with Crippen molar-refractivity contribution in [3.05, 3.63) is 54.2 Å². The summed E-state index contributed by atoms with van der Waals surface area (Å²) in [6.45, 7) is 2.05. The third-order valence-electron chi connectivity index (χ3n) is 2.92. The van der Waals surface area contributed by atoms with Crippen molar-refractivity contribution < 1.29 is 14.3 Å². The fourth-order valence-electron chi connectivity index (χ4n) is 1.72. The highest BCUT2D eigenvalue weighted by Gasteiger charge is 2.14. The molecular weight excluding hydrogens is 268 g/mol. The zero-order valence-corrected chi connectivity index (χ0v) is 12.1. The van der Waals surface area contributed by atoms with Crippen molar-refractivity contribution in [3.8, 4) is 5.75 Å². The van der Waals surface area contributed by atoms with Crippen molar-refractivity contribution in [2.24, 2.45) is 0 Å². The number of benzene rings is 1. The third kappa shape index (κ3) is 4.57. The Morgan fingerprint density at radius 1 is 1.29 bits per heavy atom. The number of aromatic nitrogens is 1. The van der Waals surface area contributed by atoms with E-state index in [0.717, 1.165) is 11.3 Å². The minimum Gasteiger partial charge on any atom is -0.497 e. The normalized spacial score (nSPS) is 11.7. The van der Waals surface area contributed by atoms with Crippen LogP contribution in [0.4, 0.5) is 5.82 Å². The van der Waals surface area contributed by atoms with E-state index in [0.29, 0.717) is 12.4 Å². The number of pyridine rings is 1. The molecule has 1 atom stereocenters. The smallest absolute Gasteiger partial charge is 0.254 e. The molecule has 0 spiro atoms. The zero-order valence-electron chi connectivity index (χ0n) is 12.1. The van der Waals surface area contributed by atoms with E-state index in [2.05, 4.69) is 10.3 Å². The van der Waals surface area contributed by atoms with Crippen LogP contribution < -0.4 is 10.1 Å². The molecule has 5 heteroatoms. The van der Waals surface area contributed by atoms with Crippen LogP contribution in [0.3, 0.4) is 0 Å². The monoisotopic (exact) mass is 286 g/mol. The second kappa shape index (κ2) is 7.40. The second-order valence-electron chi connectivity index (χ2n) is 4.51. The number of amides is 1. The maximum Gasteiger partial charge on any atom is 0.254 e. The van der Waals surface area contributed by atoms with Gasteiger partial charge in [-0.3, -0.25) is 4.79 Å². The number of methoxy groups -OCH3 is 1. The maximum atomic E-state index is 12.0. The van der Waals surface area contributed by atoms with Crippen LogP contribution in [0.2, 0.25) is 0 Å². The Morgan fingerprint density at radius 3 is 2.86 bits per heavy atom. The largest absolute Gasteiger partial charge is 0.497 e. The van der Waals surface area contributed by atoms with E-state index in [1.807, 2.05) is 30.3 Å². The maximum absolute atomic E-state index is 12.0. The molecule has 1 aromatic heterocycles. The molecule has 110 valence electrons. The van der Waals surface area contributed by atoms with Gasteiger partial charge in [-0.15, -0.1) is 0 Å². The fraction of sp³-hybridized carbons (Fsp3) is 0.250. The summed E-state index contributed by atoms with van der Waals surface area (Å²) in [6.07, 6.45) is 1.05. The zero-order chi connectivity index (χ0) is 15.1. The lowest BCUT2D eigenvalue weighted by Crippen LogP contribution is -2.27. The molecule has 0 saturated carbocycles. The van der Waals surface area contributed by atoms with Crippen LogP contribution in [0, 0.1) is 0 Å². The minimum atomic E-state index is -0.571. The van der Waals surface area contributed by atoms with Crippen molar-refractivity contribution >= 4 is 11.7 Å². The fourth-order valence-corrected chi connectivity index (χ4v) is 1.72. The van der Waals surface area contributed by atoms with Crippen LogP contribution in [-0.4, -0.2) is 24.1 Å². The molecule has 0 radical (unpaired) electrons. The summed E-state index contributed by atoms with van der Waals surface area (Å²) in [4.78, 5) is 16.0. The minimum absolute atomic E-state index is 0.225. The molecule has 2 rings (SSSR count). The van der Waals surface area contributed by atoms with Crippen LogP contribution >= 0.6 is 0 Å². The van der Waals surface area contributed by atoms with Gasteiger partial charge in [-0.1, -0.05) is 18.2 Å². The number of carbonyl (C=O) groups excluding carboxylic acids is 1. The lowest BCUT2D eigenvalue weighted by atomic mass is 10.2. The summed E-state index contributed by atoms with van der Waals surface area (Å²) in [5, 5.41) is 2.70. The lowest BCUT2D eigenvalue weighted by molar-refractivity contribution is -0.127. The van der Waals surface area contributed by atoms with Gasteiger partial charge in [0.15, 0.2) is 0 Å². The van der Waals surface area contributed by atoms with E-state index >= 15 is 0 Å². The first-order valence-electron chi connectivity index (χ1n) is 6.65. The molecule has 0 aliphatic heterocycles. The van der Waals surface area contributed by atoms with Gasteiger partial charge < -0.3 is 14.8 Å². The molecule has 0 aliphatic rings. The van der Waals surface area contributed by atoms with Crippen molar-refractivity contribution in [2.75, 3.05) is 12.4 Å². The molecule has 1 aromatic carbocycles. The quantitative estimate of drug-likeness (QED) is 0.886. The highest BCUT2D eigenvalue weighted by atomic mass is 16.5. The predicted molar refractivity (Wildman–Crippen MR) is 80.1 cm³/mol. The van der Waals surface area contributed by atoms with E-state index < -0.39 is 6.10 Å². The number of hydrogen-bond donors (Lipinski definition) is 1. The van der Waals surface area contributed by atoms with E-state index in [4.69, 9.17) is 9.47 Å². The topological polar surface area (TPSA) is 60.5 Å². The number of anilines is 1. The first-order valence-corrected chi connectivity index (χ1v) is 6.65. The Balaban J connectivity index is 1.86.